The first-order chi connectivity index (χ1) is 8.16. The molecule has 17 heavy (non-hydrogen) atoms. The number of amides is 3. The zero-order chi connectivity index (χ0) is 12.4. The van der Waals surface area contributed by atoms with Crippen molar-refractivity contribution in [2.24, 2.45) is 0 Å². The van der Waals surface area contributed by atoms with Gasteiger partial charge >= 0.3 is 6.09 Å². The van der Waals surface area contributed by atoms with Gasteiger partial charge in [0.05, 0.1) is 0 Å². The van der Waals surface area contributed by atoms with Crippen molar-refractivity contribution >= 4 is 17.9 Å². The van der Waals surface area contributed by atoms with Crippen LogP contribution in [0.3, 0.4) is 0 Å². The van der Waals surface area contributed by atoms with Crippen LogP contribution >= 0.6 is 0 Å². The lowest BCUT2D eigenvalue weighted by Crippen LogP contribution is -2.36. The number of likely N-dealkylation sites (tertiary alicyclic amines) is 1. The number of hydrogen-bond acceptors (Lipinski definition) is 4. The molecule has 0 radical (unpaired) electrons. The fourth-order valence-corrected chi connectivity index (χ4v) is 1.77. The van der Waals surface area contributed by atoms with Crippen molar-refractivity contribution in [2.75, 3.05) is 6.61 Å². The van der Waals surface area contributed by atoms with Gasteiger partial charge in [0.2, 0.25) is 0 Å². The molecule has 0 spiro atoms. The Bertz CT molecular complexity index is 441. The van der Waals surface area contributed by atoms with E-state index in [0.717, 1.165) is 0 Å². The molecule has 1 aliphatic carbocycles. The van der Waals surface area contributed by atoms with Crippen LogP contribution in [-0.4, -0.2) is 29.4 Å². The Morgan fingerprint density at radius 2 is 1.82 bits per heavy atom. The van der Waals surface area contributed by atoms with Gasteiger partial charge in [-0.3, -0.25) is 9.59 Å². The quantitative estimate of drug-likeness (QED) is 0.533. The van der Waals surface area contributed by atoms with Gasteiger partial charge in [0.25, 0.3) is 11.8 Å². The minimum atomic E-state index is -0.948. The van der Waals surface area contributed by atoms with Crippen molar-refractivity contribution in [1.82, 2.24) is 4.90 Å². The number of nitrogens with zero attached hydrogens (tertiary/aromatic N) is 1. The minimum absolute atomic E-state index is 0.0337. The number of ether oxygens (including phenoxy) is 1. The molecule has 0 atom stereocenters. The van der Waals surface area contributed by atoms with Crippen LogP contribution in [-0.2, 0) is 14.3 Å². The Hall–Kier alpha value is -2.17. The van der Waals surface area contributed by atoms with Crippen molar-refractivity contribution in [3.63, 3.8) is 0 Å². The van der Waals surface area contributed by atoms with Crippen LogP contribution in [0, 0.1) is 0 Å². The first-order valence-corrected chi connectivity index (χ1v) is 5.24. The Balaban J connectivity index is 2.25. The average molecular weight is 233 g/mol. The van der Waals surface area contributed by atoms with Crippen molar-refractivity contribution in [3.8, 4) is 0 Å². The van der Waals surface area contributed by atoms with Crippen LogP contribution in [0.25, 0.3) is 0 Å². The van der Waals surface area contributed by atoms with E-state index in [-0.39, 0.29) is 6.61 Å². The molecule has 2 aliphatic rings. The highest BCUT2D eigenvalue weighted by molar-refractivity contribution is 6.30. The molecule has 3 amide bonds. The lowest BCUT2D eigenvalue weighted by molar-refractivity contribution is -0.134. The summed E-state index contributed by atoms with van der Waals surface area (Å²) in [6.45, 7) is 3.35. The molecule has 1 heterocycles. The Morgan fingerprint density at radius 1 is 1.29 bits per heavy atom. The maximum atomic E-state index is 11.8. The van der Waals surface area contributed by atoms with E-state index >= 15 is 0 Å². The topological polar surface area (TPSA) is 63.7 Å². The van der Waals surface area contributed by atoms with Crippen molar-refractivity contribution in [2.45, 2.75) is 12.8 Å². The zero-order valence-electron chi connectivity index (χ0n) is 9.14. The van der Waals surface area contributed by atoms with Gasteiger partial charge in [-0.2, -0.15) is 4.90 Å². The Morgan fingerprint density at radius 3 is 2.29 bits per heavy atom. The molecule has 0 bridgehead atoms. The molecule has 0 aromatic carbocycles. The molecule has 0 unspecified atom stereocenters. The van der Waals surface area contributed by atoms with Crippen LogP contribution in [0.1, 0.15) is 12.8 Å². The van der Waals surface area contributed by atoms with Gasteiger partial charge < -0.3 is 4.74 Å². The molecule has 2 rings (SSSR count). The van der Waals surface area contributed by atoms with E-state index < -0.39 is 17.9 Å². The van der Waals surface area contributed by atoms with Gasteiger partial charge in [-0.15, -0.1) is 0 Å². The molecule has 1 fully saturated rings. The summed E-state index contributed by atoms with van der Waals surface area (Å²) in [4.78, 5) is 35.7. The second-order valence-electron chi connectivity index (χ2n) is 3.62. The van der Waals surface area contributed by atoms with E-state index in [2.05, 4.69) is 6.58 Å². The van der Waals surface area contributed by atoms with E-state index in [1.807, 2.05) is 0 Å². The summed E-state index contributed by atoms with van der Waals surface area (Å²) in [5.41, 5.74) is 0.605. The first-order valence-electron chi connectivity index (χ1n) is 5.24. The Kier molecular flexibility index (Phi) is 2.91. The zero-order valence-corrected chi connectivity index (χ0v) is 9.14. The first kappa shape index (κ1) is 11.3. The predicted octanol–water partition coefficient (Wildman–Crippen LogP) is 1.32. The van der Waals surface area contributed by atoms with Gasteiger partial charge in [-0.1, -0.05) is 24.8 Å². The molecule has 0 saturated carbocycles. The summed E-state index contributed by atoms with van der Waals surface area (Å²) in [5, 5.41) is 0. The highest BCUT2D eigenvalue weighted by atomic mass is 16.6. The van der Waals surface area contributed by atoms with Crippen LogP contribution in [0.4, 0.5) is 4.79 Å². The van der Waals surface area contributed by atoms with Crippen molar-refractivity contribution < 1.29 is 19.1 Å². The van der Waals surface area contributed by atoms with Crippen LogP contribution < -0.4 is 0 Å². The average Bonchev–Trinajstić information content (AvgIpc) is 2.60. The van der Waals surface area contributed by atoms with Gasteiger partial charge in [-0.05, 0) is 12.8 Å². The Labute approximate surface area is 98.0 Å². The maximum absolute atomic E-state index is 11.8. The molecule has 5 nitrogen and oxygen atoms in total. The summed E-state index contributed by atoms with van der Waals surface area (Å²) >= 11 is 0. The summed E-state index contributed by atoms with van der Waals surface area (Å²) < 4.78 is 4.69. The standard InChI is InChI=1S/C12H11NO4/c1-2-7-17-12(16)13-10(14)8-5-3-4-6-9(8)11(13)15/h2,5-6H,1,3-4,7H2. The number of carbonyl (C=O) groups is 3. The predicted molar refractivity (Wildman–Crippen MR) is 58.8 cm³/mol. The number of hydrogen-bond donors (Lipinski definition) is 0. The molecule has 0 N–H and O–H groups in total. The van der Waals surface area contributed by atoms with Crippen LogP contribution in [0.15, 0.2) is 36.0 Å². The fourth-order valence-electron chi connectivity index (χ4n) is 1.77. The van der Waals surface area contributed by atoms with E-state index in [9.17, 15) is 14.4 Å². The molecule has 1 aliphatic heterocycles. The normalized spacial score (nSPS) is 18.5. The molecule has 5 heteroatoms. The molecule has 1 saturated heterocycles. The lowest BCUT2D eigenvalue weighted by atomic mass is 10.0. The van der Waals surface area contributed by atoms with E-state index in [1.165, 1.54) is 6.08 Å². The monoisotopic (exact) mass is 233 g/mol. The smallest absolute Gasteiger partial charge is 0.424 e. The fraction of sp³-hybridized carbons (Fsp3) is 0.250. The third-order valence-corrected chi connectivity index (χ3v) is 2.53. The molecular weight excluding hydrogens is 222 g/mol. The number of allylic oxidation sites excluding steroid dienone is 2. The number of imide groups is 3. The van der Waals surface area contributed by atoms with Crippen LogP contribution in [0.5, 0.6) is 0 Å². The second kappa shape index (κ2) is 4.37. The van der Waals surface area contributed by atoms with Crippen molar-refractivity contribution in [1.29, 1.82) is 0 Å². The number of carbonyl (C=O) groups excluding carboxylic acids is 3. The summed E-state index contributed by atoms with van der Waals surface area (Å²) in [6, 6.07) is 0. The van der Waals surface area contributed by atoms with Crippen LogP contribution in [0.2, 0.25) is 0 Å². The summed E-state index contributed by atoms with van der Waals surface area (Å²) in [7, 11) is 0. The number of rotatable bonds is 2. The largest absolute Gasteiger partial charge is 0.445 e. The lowest BCUT2D eigenvalue weighted by Gasteiger charge is -2.09. The number of fused-ring (bicyclic) bond motifs is 1. The minimum Gasteiger partial charge on any atom is -0.445 e. The molecular formula is C12H11NO4. The van der Waals surface area contributed by atoms with Gasteiger partial charge in [-0.25, -0.2) is 4.79 Å². The van der Waals surface area contributed by atoms with Gasteiger partial charge in [0.1, 0.15) is 6.61 Å². The maximum Gasteiger partial charge on any atom is 0.424 e. The third kappa shape index (κ3) is 1.80. The highest BCUT2D eigenvalue weighted by Gasteiger charge is 2.43. The van der Waals surface area contributed by atoms with E-state index in [1.54, 1.807) is 12.2 Å². The third-order valence-electron chi connectivity index (χ3n) is 2.53. The van der Waals surface area contributed by atoms with E-state index in [4.69, 9.17) is 4.74 Å². The summed E-state index contributed by atoms with van der Waals surface area (Å²) in [6.07, 6.45) is 5.18. The van der Waals surface area contributed by atoms with Crippen molar-refractivity contribution in [3.05, 3.63) is 36.0 Å². The molecule has 88 valence electrons. The molecule has 0 aromatic heterocycles. The summed E-state index contributed by atoms with van der Waals surface area (Å²) in [5.74, 6) is -1.20. The van der Waals surface area contributed by atoms with Gasteiger partial charge in [0, 0.05) is 11.1 Å². The van der Waals surface area contributed by atoms with Gasteiger partial charge in [0.15, 0.2) is 0 Å². The SMILES string of the molecule is C=CCOC(=O)N1C(=O)C2=CCCC=C2C1=O. The highest BCUT2D eigenvalue weighted by Crippen LogP contribution is 2.29. The second-order valence-corrected chi connectivity index (χ2v) is 3.62. The molecule has 0 aromatic rings. The van der Waals surface area contributed by atoms with E-state index in [0.29, 0.717) is 28.9 Å².